The van der Waals surface area contributed by atoms with Crippen molar-refractivity contribution in [3.8, 4) is 0 Å². The number of aliphatic carboxylic acids is 1. The molecule has 0 aliphatic heterocycles. The van der Waals surface area contributed by atoms with Crippen molar-refractivity contribution in [3.05, 3.63) is 30.1 Å². The lowest BCUT2D eigenvalue weighted by Gasteiger charge is -2.16. The smallest absolute Gasteiger partial charge is 0.312 e. The van der Waals surface area contributed by atoms with Gasteiger partial charge in [0.1, 0.15) is 6.42 Å². The molecule has 19 heavy (non-hydrogen) atoms. The summed E-state index contributed by atoms with van der Waals surface area (Å²) in [5, 5.41) is 8.55. The highest BCUT2D eigenvalue weighted by atomic mass is 16.4. The Hall–Kier alpha value is -2.37. The van der Waals surface area contributed by atoms with Crippen LogP contribution in [-0.2, 0) is 16.0 Å². The summed E-state index contributed by atoms with van der Waals surface area (Å²) in [5.74, 6) is -1.48. The van der Waals surface area contributed by atoms with Crippen LogP contribution in [0.5, 0.6) is 0 Å². The number of hydrogen-bond donors (Lipinski definition) is 2. The number of aromatic nitrogens is 2. The third kappa shape index (κ3) is 3.31. The Labute approximate surface area is 110 Å². The van der Waals surface area contributed by atoms with Gasteiger partial charge in [0.2, 0.25) is 5.91 Å². The van der Waals surface area contributed by atoms with Crippen molar-refractivity contribution < 1.29 is 14.7 Å². The number of likely N-dealkylation sites (N-methyl/N-ethyl adjacent to an activating group) is 1. The number of carboxylic acids is 1. The molecule has 0 aliphatic carbocycles. The Morgan fingerprint density at radius 1 is 1.42 bits per heavy atom. The Morgan fingerprint density at radius 2 is 2.21 bits per heavy atom. The van der Waals surface area contributed by atoms with E-state index in [2.05, 4.69) is 9.97 Å². The lowest BCUT2D eigenvalue weighted by Crippen LogP contribution is -2.30. The van der Waals surface area contributed by atoms with E-state index in [9.17, 15) is 9.59 Å². The van der Waals surface area contributed by atoms with Gasteiger partial charge in [0, 0.05) is 13.6 Å². The van der Waals surface area contributed by atoms with Crippen molar-refractivity contribution in [2.75, 3.05) is 13.6 Å². The molecule has 0 aliphatic rings. The summed E-state index contributed by atoms with van der Waals surface area (Å²) in [6, 6.07) is 5.86. The van der Waals surface area contributed by atoms with Gasteiger partial charge in [-0.2, -0.15) is 0 Å². The van der Waals surface area contributed by atoms with Crippen LogP contribution in [-0.4, -0.2) is 45.4 Å². The van der Waals surface area contributed by atoms with Gasteiger partial charge in [-0.15, -0.1) is 0 Å². The van der Waals surface area contributed by atoms with Crippen LogP contribution in [0.1, 0.15) is 12.0 Å². The molecule has 100 valence electrons. The van der Waals surface area contributed by atoms with E-state index in [1.807, 2.05) is 18.2 Å². The van der Waals surface area contributed by atoms with Crippen molar-refractivity contribution in [1.82, 2.24) is 14.9 Å². The molecule has 2 rings (SSSR count). The molecule has 1 heterocycles. The minimum atomic E-state index is -1.10. The second-order valence-electron chi connectivity index (χ2n) is 4.39. The zero-order valence-corrected chi connectivity index (χ0v) is 10.6. The van der Waals surface area contributed by atoms with Crippen molar-refractivity contribution >= 4 is 22.9 Å². The molecule has 2 aromatic rings. The van der Waals surface area contributed by atoms with Crippen LogP contribution >= 0.6 is 0 Å². The number of hydrogen-bond acceptors (Lipinski definition) is 3. The van der Waals surface area contributed by atoms with Crippen LogP contribution in [0.4, 0.5) is 0 Å². The normalized spacial score (nSPS) is 10.6. The average Bonchev–Trinajstić information content (AvgIpc) is 2.82. The largest absolute Gasteiger partial charge is 0.481 e. The number of carboxylic acid groups (broad SMARTS) is 1. The summed E-state index contributed by atoms with van der Waals surface area (Å²) in [5.41, 5.74) is 2.93. The van der Waals surface area contributed by atoms with Crippen LogP contribution in [0.2, 0.25) is 0 Å². The highest BCUT2D eigenvalue weighted by molar-refractivity contribution is 5.93. The van der Waals surface area contributed by atoms with Gasteiger partial charge >= 0.3 is 5.97 Å². The molecular formula is C13H15N3O3. The molecule has 0 unspecified atom stereocenters. The fraction of sp³-hybridized carbons (Fsp3) is 0.308. The lowest BCUT2D eigenvalue weighted by molar-refractivity contribution is -0.143. The number of nitrogens with zero attached hydrogens (tertiary/aromatic N) is 2. The molecule has 0 saturated carbocycles. The summed E-state index contributed by atoms with van der Waals surface area (Å²) < 4.78 is 0. The highest BCUT2D eigenvalue weighted by Gasteiger charge is 2.12. The third-order valence-electron chi connectivity index (χ3n) is 2.95. The highest BCUT2D eigenvalue weighted by Crippen LogP contribution is 2.12. The van der Waals surface area contributed by atoms with E-state index in [1.54, 1.807) is 13.4 Å². The molecule has 0 fully saturated rings. The topological polar surface area (TPSA) is 86.3 Å². The first kappa shape index (κ1) is 13.1. The summed E-state index contributed by atoms with van der Waals surface area (Å²) in [6.07, 6.45) is 1.85. The molecule has 1 amide bonds. The molecule has 0 saturated heterocycles. The molecule has 1 aromatic carbocycles. The maximum absolute atomic E-state index is 11.5. The second kappa shape index (κ2) is 5.51. The van der Waals surface area contributed by atoms with Crippen LogP contribution < -0.4 is 0 Å². The predicted molar refractivity (Wildman–Crippen MR) is 69.7 cm³/mol. The zero-order valence-electron chi connectivity index (χ0n) is 10.6. The van der Waals surface area contributed by atoms with E-state index >= 15 is 0 Å². The standard InChI is InChI=1S/C13H15N3O3/c1-16(12(17)7-13(18)19)5-4-9-2-3-10-11(6-9)15-8-14-10/h2-3,6,8H,4-5,7H2,1H3,(H,14,15)(H,18,19). The van der Waals surface area contributed by atoms with Gasteiger partial charge in [0.25, 0.3) is 0 Å². The van der Waals surface area contributed by atoms with E-state index in [1.165, 1.54) is 4.90 Å². The number of rotatable bonds is 5. The zero-order chi connectivity index (χ0) is 13.8. The molecule has 6 nitrogen and oxygen atoms in total. The summed E-state index contributed by atoms with van der Waals surface area (Å²) >= 11 is 0. The SMILES string of the molecule is CN(CCc1ccc2nc[nH]c2c1)C(=O)CC(=O)O. The first-order chi connectivity index (χ1) is 9.06. The molecule has 0 atom stereocenters. The molecule has 0 radical (unpaired) electrons. The number of aromatic amines is 1. The minimum Gasteiger partial charge on any atom is -0.481 e. The van der Waals surface area contributed by atoms with E-state index in [4.69, 9.17) is 5.11 Å². The first-order valence-electron chi connectivity index (χ1n) is 5.94. The number of carbonyl (C=O) groups excluding carboxylic acids is 1. The van der Waals surface area contributed by atoms with E-state index in [-0.39, 0.29) is 5.91 Å². The van der Waals surface area contributed by atoms with Gasteiger partial charge in [-0.05, 0) is 24.1 Å². The number of nitrogens with one attached hydrogen (secondary N) is 1. The molecule has 2 N–H and O–H groups in total. The summed E-state index contributed by atoms with van der Waals surface area (Å²) in [4.78, 5) is 30.5. The van der Waals surface area contributed by atoms with Gasteiger partial charge < -0.3 is 15.0 Å². The number of amides is 1. The lowest BCUT2D eigenvalue weighted by atomic mass is 10.1. The first-order valence-corrected chi connectivity index (χ1v) is 5.94. The third-order valence-corrected chi connectivity index (χ3v) is 2.95. The Morgan fingerprint density at radius 3 is 2.95 bits per heavy atom. The number of imidazole rings is 1. The van der Waals surface area contributed by atoms with Crippen molar-refractivity contribution in [1.29, 1.82) is 0 Å². The molecule has 0 bridgehead atoms. The molecule has 0 spiro atoms. The van der Waals surface area contributed by atoms with Gasteiger partial charge in [0.15, 0.2) is 0 Å². The van der Waals surface area contributed by atoms with E-state index < -0.39 is 12.4 Å². The van der Waals surface area contributed by atoms with Crippen molar-refractivity contribution in [2.45, 2.75) is 12.8 Å². The van der Waals surface area contributed by atoms with Gasteiger partial charge in [-0.25, -0.2) is 4.98 Å². The van der Waals surface area contributed by atoms with E-state index in [0.717, 1.165) is 16.6 Å². The predicted octanol–water partition coefficient (Wildman–Crippen LogP) is 1.04. The summed E-state index contributed by atoms with van der Waals surface area (Å²) in [7, 11) is 1.61. The quantitative estimate of drug-likeness (QED) is 0.787. The second-order valence-corrected chi connectivity index (χ2v) is 4.39. The van der Waals surface area contributed by atoms with Crippen molar-refractivity contribution in [2.24, 2.45) is 0 Å². The van der Waals surface area contributed by atoms with Crippen LogP contribution in [0.3, 0.4) is 0 Å². The number of fused-ring (bicyclic) bond motifs is 1. The molecular weight excluding hydrogens is 246 g/mol. The Bertz CT molecular complexity index is 606. The molecule has 1 aromatic heterocycles. The Kier molecular flexibility index (Phi) is 3.79. The minimum absolute atomic E-state index is 0.380. The van der Waals surface area contributed by atoms with E-state index in [0.29, 0.717) is 13.0 Å². The monoisotopic (exact) mass is 261 g/mol. The average molecular weight is 261 g/mol. The molecule has 6 heteroatoms. The maximum Gasteiger partial charge on any atom is 0.312 e. The van der Waals surface area contributed by atoms with Crippen LogP contribution in [0, 0.1) is 0 Å². The van der Waals surface area contributed by atoms with Gasteiger partial charge in [-0.1, -0.05) is 6.07 Å². The number of H-pyrrole nitrogens is 1. The van der Waals surface area contributed by atoms with Crippen LogP contribution in [0.25, 0.3) is 11.0 Å². The number of benzene rings is 1. The Balaban J connectivity index is 1.94. The fourth-order valence-corrected chi connectivity index (χ4v) is 1.82. The number of carbonyl (C=O) groups is 2. The van der Waals surface area contributed by atoms with Crippen molar-refractivity contribution in [3.63, 3.8) is 0 Å². The van der Waals surface area contributed by atoms with Gasteiger partial charge in [-0.3, -0.25) is 9.59 Å². The fourth-order valence-electron chi connectivity index (χ4n) is 1.82. The van der Waals surface area contributed by atoms with Gasteiger partial charge in [0.05, 0.1) is 17.4 Å². The summed E-state index contributed by atoms with van der Waals surface area (Å²) in [6.45, 7) is 0.492. The maximum atomic E-state index is 11.5. The van der Waals surface area contributed by atoms with Crippen LogP contribution in [0.15, 0.2) is 24.5 Å².